The number of nitrogens with zero attached hydrogens (tertiary/aromatic N) is 2. The minimum atomic E-state index is -0.822. The van der Waals surface area contributed by atoms with Crippen LogP contribution in [0.25, 0.3) is 0 Å². The summed E-state index contributed by atoms with van der Waals surface area (Å²) in [6.45, 7) is 0. The van der Waals surface area contributed by atoms with Crippen molar-refractivity contribution in [3.8, 4) is 17.6 Å². The third-order valence-corrected chi connectivity index (χ3v) is 4.06. The summed E-state index contributed by atoms with van der Waals surface area (Å²) in [4.78, 5) is 12.3. The normalized spacial score (nSPS) is 15.0. The summed E-state index contributed by atoms with van der Waals surface area (Å²) in [6.07, 6.45) is -0.822. The quantitative estimate of drug-likeness (QED) is 0.650. The van der Waals surface area contributed by atoms with Crippen LogP contribution in [0.3, 0.4) is 0 Å². The highest BCUT2D eigenvalue weighted by molar-refractivity contribution is 5.98. The van der Waals surface area contributed by atoms with Crippen LogP contribution in [-0.4, -0.2) is 27.2 Å². The Kier molecular flexibility index (Phi) is 4.65. The number of methoxy groups -OCH3 is 2. The fraction of sp³-hybridized carbons (Fsp3) is 0.222. The molecule has 0 aromatic heterocycles. The maximum Gasteiger partial charge on any atom is 0.344 e. The minimum absolute atomic E-state index is 0.112. The minimum Gasteiger partial charge on any atom is -0.493 e. The second-order valence-corrected chi connectivity index (χ2v) is 5.48. The Morgan fingerprint density at radius 3 is 2.69 bits per heavy atom. The largest absolute Gasteiger partial charge is 0.493 e. The topological polar surface area (TPSA) is 83.8 Å². The summed E-state index contributed by atoms with van der Waals surface area (Å²) in [5, 5.41) is 10.6. The zero-order valence-corrected chi connectivity index (χ0v) is 14.4. The summed E-state index contributed by atoms with van der Waals surface area (Å²) >= 11 is 0. The maximum absolute atomic E-state index is 13.8. The van der Waals surface area contributed by atoms with Gasteiger partial charge in [0.2, 0.25) is 0 Å². The van der Waals surface area contributed by atoms with Crippen LogP contribution in [-0.2, 0) is 4.74 Å². The van der Waals surface area contributed by atoms with Crippen molar-refractivity contribution >= 4 is 11.7 Å². The third-order valence-electron chi connectivity index (χ3n) is 4.06. The molecule has 8 heteroatoms. The van der Waals surface area contributed by atoms with E-state index in [9.17, 15) is 14.4 Å². The molecule has 1 N–H and O–H groups in total. The van der Waals surface area contributed by atoms with Crippen LogP contribution in [0.1, 0.15) is 27.7 Å². The van der Waals surface area contributed by atoms with Crippen molar-refractivity contribution in [2.24, 2.45) is 0 Å². The molecule has 0 fully saturated rings. The maximum atomic E-state index is 13.8. The number of fused-ring (bicyclic) bond motifs is 1. The zero-order chi connectivity index (χ0) is 18.8. The Balaban J connectivity index is 1.94. The van der Waals surface area contributed by atoms with E-state index < -0.39 is 18.0 Å². The van der Waals surface area contributed by atoms with Crippen molar-refractivity contribution in [3.05, 3.63) is 52.8 Å². The lowest BCUT2D eigenvalue weighted by molar-refractivity contribution is 0.0303. The van der Waals surface area contributed by atoms with Crippen molar-refractivity contribution in [2.75, 3.05) is 26.3 Å². The molecule has 3 rings (SSSR count). The first kappa shape index (κ1) is 17.5. The Morgan fingerprint density at radius 1 is 1.27 bits per heavy atom. The summed E-state index contributed by atoms with van der Waals surface area (Å²) in [5.41, 5.74) is 3.97. The Morgan fingerprint density at radius 2 is 2.04 bits per heavy atom. The van der Waals surface area contributed by atoms with Crippen molar-refractivity contribution in [1.82, 2.24) is 5.43 Å². The highest BCUT2D eigenvalue weighted by Crippen LogP contribution is 2.41. The molecule has 1 atom stereocenters. The smallest absolute Gasteiger partial charge is 0.344 e. The van der Waals surface area contributed by atoms with Gasteiger partial charge < -0.3 is 19.2 Å². The average molecular weight is 357 g/mol. The number of nitriles is 1. The number of hydrogen-bond acceptors (Lipinski definition) is 7. The Hall–Kier alpha value is -3.31. The van der Waals surface area contributed by atoms with Crippen LogP contribution >= 0.6 is 0 Å². The molecule has 0 unspecified atom stereocenters. The van der Waals surface area contributed by atoms with Crippen LogP contribution in [0.2, 0.25) is 0 Å². The number of rotatable bonds is 5. The van der Waals surface area contributed by atoms with Gasteiger partial charge in [0.1, 0.15) is 23.0 Å². The molecule has 0 aliphatic carbocycles. The van der Waals surface area contributed by atoms with Gasteiger partial charge in [-0.2, -0.15) is 10.7 Å². The number of carbonyl (C=O) groups excluding carboxylic acids is 1. The van der Waals surface area contributed by atoms with E-state index >= 15 is 0 Å². The molecule has 0 spiro atoms. The molecule has 0 bridgehead atoms. The van der Waals surface area contributed by atoms with Gasteiger partial charge in [-0.05, 0) is 24.3 Å². The lowest BCUT2D eigenvalue weighted by Gasteiger charge is -2.25. The summed E-state index contributed by atoms with van der Waals surface area (Å²) in [7, 11) is 4.51. The van der Waals surface area contributed by atoms with E-state index in [0.717, 1.165) is 0 Å². The third kappa shape index (κ3) is 2.78. The number of carbonyl (C=O) groups is 1. The van der Waals surface area contributed by atoms with Gasteiger partial charge in [-0.25, -0.2) is 9.18 Å². The number of ether oxygens (including phenoxy) is 3. The standard InChI is InChI=1S/C18H16FN3O4/c1-22(13-6-4-5-12(19)11(13)9-20)21-17-10-7-8-14(24-2)16(25-3)15(10)18(23)26-17/h4-8,17,21H,1-3H3/t17-/m1/s1. The van der Waals surface area contributed by atoms with Gasteiger partial charge >= 0.3 is 5.97 Å². The van der Waals surface area contributed by atoms with Gasteiger partial charge in [0, 0.05) is 12.6 Å². The molecule has 1 heterocycles. The van der Waals surface area contributed by atoms with Crippen molar-refractivity contribution in [1.29, 1.82) is 5.26 Å². The fourth-order valence-corrected chi connectivity index (χ4v) is 2.84. The van der Waals surface area contributed by atoms with Crippen molar-refractivity contribution in [2.45, 2.75) is 6.23 Å². The van der Waals surface area contributed by atoms with E-state index in [4.69, 9.17) is 14.2 Å². The number of esters is 1. The van der Waals surface area contributed by atoms with Crippen LogP contribution in [0.4, 0.5) is 10.1 Å². The number of hydrazine groups is 1. The molecule has 7 nitrogen and oxygen atoms in total. The monoisotopic (exact) mass is 357 g/mol. The molecule has 26 heavy (non-hydrogen) atoms. The van der Waals surface area contributed by atoms with E-state index in [1.165, 1.54) is 31.4 Å². The molecular formula is C18H16FN3O4. The predicted molar refractivity (Wildman–Crippen MR) is 90.4 cm³/mol. The first-order valence-electron chi connectivity index (χ1n) is 7.66. The molecule has 134 valence electrons. The second kappa shape index (κ2) is 6.90. The number of nitrogens with one attached hydrogen (secondary N) is 1. The SMILES string of the molecule is COc1ccc2c(c1OC)C(=O)O[C@H]2NN(C)c1cccc(F)c1C#N. The molecule has 1 aliphatic rings. The van der Waals surface area contributed by atoms with Gasteiger partial charge in [-0.3, -0.25) is 0 Å². The summed E-state index contributed by atoms with van der Waals surface area (Å²) < 4.78 is 29.7. The zero-order valence-electron chi connectivity index (χ0n) is 14.4. The Bertz CT molecular complexity index is 910. The van der Waals surface area contributed by atoms with E-state index in [2.05, 4.69) is 5.43 Å². The molecule has 0 saturated carbocycles. The van der Waals surface area contributed by atoms with Gasteiger partial charge in [-0.15, -0.1) is 0 Å². The van der Waals surface area contributed by atoms with Gasteiger partial charge in [0.05, 0.1) is 19.9 Å². The first-order valence-corrected chi connectivity index (χ1v) is 7.66. The molecule has 2 aromatic rings. The second-order valence-electron chi connectivity index (χ2n) is 5.48. The summed E-state index contributed by atoms with van der Waals surface area (Å²) in [6, 6.07) is 9.46. The number of cyclic esters (lactones) is 1. The molecule has 2 aromatic carbocycles. The van der Waals surface area contributed by atoms with E-state index in [1.807, 2.05) is 6.07 Å². The molecule has 0 amide bonds. The average Bonchev–Trinajstić information content (AvgIpc) is 2.96. The lowest BCUT2D eigenvalue weighted by atomic mass is 10.1. The van der Waals surface area contributed by atoms with Crippen LogP contribution in [0.5, 0.6) is 11.5 Å². The van der Waals surface area contributed by atoms with Gasteiger partial charge in [0.15, 0.2) is 17.7 Å². The van der Waals surface area contributed by atoms with Crippen LogP contribution in [0, 0.1) is 17.1 Å². The number of halogens is 1. The molecular weight excluding hydrogens is 341 g/mol. The Labute approximate surface area is 149 Å². The van der Waals surface area contributed by atoms with Gasteiger partial charge in [-0.1, -0.05) is 6.07 Å². The highest BCUT2D eigenvalue weighted by atomic mass is 19.1. The van der Waals surface area contributed by atoms with Gasteiger partial charge in [0.25, 0.3) is 0 Å². The molecule has 0 saturated heterocycles. The first-order chi connectivity index (χ1) is 12.5. The number of hydrogen-bond donors (Lipinski definition) is 1. The highest BCUT2D eigenvalue weighted by Gasteiger charge is 2.36. The summed E-state index contributed by atoms with van der Waals surface area (Å²) in [5.74, 6) is -0.505. The lowest BCUT2D eigenvalue weighted by Crippen LogP contribution is -2.38. The fourth-order valence-electron chi connectivity index (χ4n) is 2.84. The van der Waals surface area contributed by atoms with Crippen LogP contribution < -0.4 is 19.9 Å². The number of benzene rings is 2. The molecule has 0 radical (unpaired) electrons. The van der Waals surface area contributed by atoms with Crippen LogP contribution in [0.15, 0.2) is 30.3 Å². The van der Waals surface area contributed by atoms with Crippen molar-refractivity contribution in [3.63, 3.8) is 0 Å². The van der Waals surface area contributed by atoms with Crippen molar-refractivity contribution < 1.29 is 23.4 Å². The predicted octanol–water partition coefficient (Wildman–Crippen LogP) is 2.52. The number of anilines is 1. The van der Waals surface area contributed by atoms with E-state index in [-0.39, 0.29) is 16.9 Å². The van der Waals surface area contributed by atoms with E-state index in [0.29, 0.717) is 17.0 Å². The molecule has 1 aliphatic heterocycles. The van der Waals surface area contributed by atoms with E-state index in [1.54, 1.807) is 25.2 Å².